The van der Waals surface area contributed by atoms with E-state index >= 15 is 0 Å². The maximum atomic E-state index is 14.3. The number of rotatable bonds is 8. The second-order valence-electron chi connectivity index (χ2n) is 10.7. The van der Waals surface area contributed by atoms with Gasteiger partial charge in [0, 0.05) is 10.0 Å². The van der Waals surface area contributed by atoms with Crippen LogP contribution in [-0.4, -0.2) is 47.3 Å². The molecule has 0 unspecified atom stereocenters. The number of alkyl carbamates (subject to hydrolysis) is 1. The molecule has 0 atom stereocenters. The molecule has 0 saturated heterocycles. The number of imide groups is 1. The first-order valence-corrected chi connectivity index (χ1v) is 14.1. The van der Waals surface area contributed by atoms with Crippen molar-refractivity contribution in [3.05, 3.63) is 80.8 Å². The van der Waals surface area contributed by atoms with E-state index in [0.717, 1.165) is 12.0 Å². The van der Waals surface area contributed by atoms with Crippen LogP contribution in [0.4, 0.5) is 9.59 Å². The fourth-order valence-electron chi connectivity index (χ4n) is 3.84. The van der Waals surface area contributed by atoms with Crippen LogP contribution < -0.4 is 5.32 Å². The maximum absolute atomic E-state index is 14.3. The molecule has 0 spiro atoms. The van der Waals surface area contributed by atoms with Gasteiger partial charge in [0.05, 0.1) is 29.7 Å². The van der Waals surface area contributed by atoms with Crippen LogP contribution in [0.2, 0.25) is 10.0 Å². The summed E-state index contributed by atoms with van der Waals surface area (Å²) in [4.78, 5) is 55.3. The van der Waals surface area contributed by atoms with Crippen molar-refractivity contribution in [2.45, 2.75) is 65.6 Å². The van der Waals surface area contributed by atoms with Crippen molar-refractivity contribution in [1.29, 1.82) is 0 Å². The maximum Gasteiger partial charge on any atom is 0.422 e. The lowest BCUT2D eigenvalue weighted by molar-refractivity contribution is -0.136. The van der Waals surface area contributed by atoms with Gasteiger partial charge in [0.1, 0.15) is 11.2 Å². The highest BCUT2D eigenvalue weighted by molar-refractivity contribution is 6.31. The molecule has 3 rings (SSSR count). The van der Waals surface area contributed by atoms with Crippen LogP contribution in [0.1, 0.15) is 65.5 Å². The van der Waals surface area contributed by atoms with E-state index in [0.29, 0.717) is 34.0 Å². The Balaban J connectivity index is 2.40. The molecule has 9 nitrogen and oxygen atoms in total. The summed E-state index contributed by atoms with van der Waals surface area (Å²) in [7, 11) is 1.14. The van der Waals surface area contributed by atoms with Gasteiger partial charge >= 0.3 is 18.2 Å². The molecule has 0 bridgehead atoms. The predicted molar refractivity (Wildman–Crippen MR) is 160 cm³/mol. The second kappa shape index (κ2) is 13.0. The number of carbonyl (C=O) groups is 4. The molecule has 1 N–H and O–H groups in total. The Morgan fingerprint density at radius 2 is 1.33 bits per heavy atom. The number of halogens is 2. The standard InChI is InChI=1S/C31H34Cl2N2O7/c1-8-30(3,4)41-28(38)34-24(18-10-14-20(32)15-11-18)22-23(27(37)40-7)25(19-12-16-21(33)17-13-19)35(26(22)36)29(39)42-31(5,6)9-2/h10-17H,8-9H2,1-7H3,(H,34,38)/b24-22+. The van der Waals surface area contributed by atoms with E-state index in [-0.39, 0.29) is 22.5 Å². The Morgan fingerprint density at radius 3 is 1.83 bits per heavy atom. The summed E-state index contributed by atoms with van der Waals surface area (Å²) in [5.41, 5.74) is -1.90. The summed E-state index contributed by atoms with van der Waals surface area (Å²) in [5, 5.41) is 3.43. The van der Waals surface area contributed by atoms with Gasteiger partial charge in [-0.1, -0.05) is 61.3 Å². The number of nitrogens with zero attached hydrogens (tertiary/aromatic N) is 1. The largest absolute Gasteiger partial charge is 0.465 e. The van der Waals surface area contributed by atoms with E-state index in [1.165, 1.54) is 0 Å². The first-order chi connectivity index (χ1) is 19.6. The molecular weight excluding hydrogens is 583 g/mol. The fourth-order valence-corrected chi connectivity index (χ4v) is 4.09. The monoisotopic (exact) mass is 616 g/mol. The molecule has 0 aromatic heterocycles. The third-order valence-electron chi connectivity index (χ3n) is 6.86. The van der Waals surface area contributed by atoms with Gasteiger partial charge in [0.2, 0.25) is 0 Å². The lowest BCUT2D eigenvalue weighted by atomic mass is 9.98. The van der Waals surface area contributed by atoms with Gasteiger partial charge in [-0.15, -0.1) is 0 Å². The first-order valence-electron chi connectivity index (χ1n) is 13.3. The zero-order valence-corrected chi connectivity index (χ0v) is 26.1. The number of amides is 3. The molecule has 0 fully saturated rings. The SMILES string of the molecule is CCC(C)(C)OC(=O)N/C(=C1/C(=O)N(C(=O)OC(C)(C)CC)C(c2ccc(Cl)cc2)=C1C(=O)OC)c1ccc(Cl)cc1. The third-order valence-corrected chi connectivity index (χ3v) is 7.37. The molecule has 1 aliphatic rings. The van der Waals surface area contributed by atoms with Crippen molar-refractivity contribution in [2.24, 2.45) is 0 Å². The predicted octanol–water partition coefficient (Wildman–Crippen LogP) is 7.37. The second-order valence-corrected chi connectivity index (χ2v) is 11.6. The number of methoxy groups -OCH3 is 1. The third kappa shape index (κ3) is 7.33. The van der Waals surface area contributed by atoms with Crippen LogP contribution in [0.15, 0.2) is 59.7 Å². The average Bonchev–Trinajstić information content (AvgIpc) is 3.24. The zero-order valence-electron chi connectivity index (χ0n) is 24.6. The van der Waals surface area contributed by atoms with Crippen molar-refractivity contribution < 1.29 is 33.4 Å². The van der Waals surface area contributed by atoms with E-state index in [1.54, 1.807) is 76.2 Å². The lowest BCUT2D eigenvalue weighted by Crippen LogP contribution is -2.39. The minimum atomic E-state index is -1.02. The summed E-state index contributed by atoms with van der Waals surface area (Å²) in [6.07, 6.45) is -0.937. The quantitative estimate of drug-likeness (QED) is 0.187. The normalized spacial score (nSPS) is 15.0. The smallest absolute Gasteiger partial charge is 0.422 e. The van der Waals surface area contributed by atoms with Crippen molar-refractivity contribution in [2.75, 3.05) is 7.11 Å². The molecule has 0 saturated carbocycles. The number of hydrogen-bond acceptors (Lipinski definition) is 7. The fraction of sp³-hybridized carbons (Fsp3) is 0.355. The van der Waals surface area contributed by atoms with E-state index in [1.807, 2.05) is 13.8 Å². The number of benzene rings is 2. The summed E-state index contributed by atoms with van der Waals surface area (Å²) >= 11 is 12.2. The average molecular weight is 618 g/mol. The van der Waals surface area contributed by atoms with E-state index in [4.69, 9.17) is 37.4 Å². The number of nitrogens with one attached hydrogen (secondary N) is 1. The first kappa shape index (κ1) is 32.7. The topological polar surface area (TPSA) is 111 Å². The van der Waals surface area contributed by atoms with Crippen molar-refractivity contribution >= 4 is 58.7 Å². The number of carbonyl (C=O) groups excluding carboxylic acids is 4. The van der Waals surface area contributed by atoms with Gasteiger partial charge in [0.25, 0.3) is 5.91 Å². The highest BCUT2D eigenvalue weighted by Crippen LogP contribution is 2.41. The Hall–Kier alpha value is -3.82. The van der Waals surface area contributed by atoms with E-state index in [2.05, 4.69) is 5.32 Å². The van der Waals surface area contributed by atoms with Gasteiger partial charge in [-0.05, 0) is 75.9 Å². The van der Waals surface area contributed by atoms with Crippen molar-refractivity contribution in [3.63, 3.8) is 0 Å². The van der Waals surface area contributed by atoms with E-state index < -0.39 is 35.3 Å². The van der Waals surface area contributed by atoms with Gasteiger partial charge in [-0.2, -0.15) is 0 Å². The summed E-state index contributed by atoms with van der Waals surface area (Å²) < 4.78 is 16.4. The molecule has 1 aliphatic heterocycles. The van der Waals surface area contributed by atoms with Crippen LogP contribution in [0.5, 0.6) is 0 Å². The van der Waals surface area contributed by atoms with Crippen LogP contribution in [0, 0.1) is 0 Å². The number of esters is 1. The minimum absolute atomic E-state index is 0.0917. The van der Waals surface area contributed by atoms with Crippen LogP contribution >= 0.6 is 23.2 Å². The van der Waals surface area contributed by atoms with Gasteiger partial charge < -0.3 is 14.2 Å². The highest BCUT2D eigenvalue weighted by Gasteiger charge is 2.47. The molecule has 42 heavy (non-hydrogen) atoms. The number of hydrogen-bond donors (Lipinski definition) is 1. The molecule has 11 heteroatoms. The molecular formula is C31H34Cl2N2O7. The van der Waals surface area contributed by atoms with Crippen LogP contribution in [0.25, 0.3) is 11.4 Å². The van der Waals surface area contributed by atoms with E-state index in [9.17, 15) is 19.2 Å². The molecule has 2 aromatic carbocycles. The van der Waals surface area contributed by atoms with Gasteiger partial charge in [0.15, 0.2) is 0 Å². The molecule has 1 heterocycles. The Morgan fingerprint density at radius 1 is 0.833 bits per heavy atom. The van der Waals surface area contributed by atoms with Crippen molar-refractivity contribution in [1.82, 2.24) is 10.2 Å². The zero-order chi connectivity index (χ0) is 31.4. The Bertz CT molecular complexity index is 1440. The Kier molecular flexibility index (Phi) is 10.1. The molecule has 2 aromatic rings. The molecule has 3 amide bonds. The Labute approximate surface area is 255 Å². The lowest BCUT2D eigenvalue weighted by Gasteiger charge is -2.27. The van der Waals surface area contributed by atoms with Gasteiger partial charge in [-0.25, -0.2) is 19.3 Å². The van der Waals surface area contributed by atoms with Gasteiger partial charge in [-0.3, -0.25) is 10.1 Å². The van der Waals surface area contributed by atoms with Crippen LogP contribution in [-0.2, 0) is 23.8 Å². The summed E-state index contributed by atoms with van der Waals surface area (Å²) in [6, 6.07) is 12.4. The van der Waals surface area contributed by atoms with Crippen LogP contribution in [0.3, 0.4) is 0 Å². The highest BCUT2D eigenvalue weighted by atomic mass is 35.5. The molecule has 224 valence electrons. The summed E-state index contributed by atoms with van der Waals surface area (Å²) in [6.45, 7) is 10.5. The summed E-state index contributed by atoms with van der Waals surface area (Å²) in [5.74, 6) is -1.85. The molecule has 0 radical (unpaired) electrons. The van der Waals surface area contributed by atoms with Crippen molar-refractivity contribution in [3.8, 4) is 0 Å². The minimum Gasteiger partial charge on any atom is -0.465 e. The number of ether oxygens (including phenoxy) is 3. The molecule has 0 aliphatic carbocycles.